The van der Waals surface area contributed by atoms with Crippen molar-refractivity contribution >= 4 is 24.0 Å². The number of nitrogens with zero attached hydrogens (tertiary/aromatic N) is 4. The van der Waals surface area contributed by atoms with Gasteiger partial charge in [-0.05, 0) is 29.9 Å². The highest BCUT2D eigenvalue weighted by atomic mass is 16.5. The molecular formula is C24H32N6O2. The third-order valence-corrected chi connectivity index (χ3v) is 5.80. The Bertz CT molecular complexity index is 994. The molecule has 1 fully saturated rings. The normalized spacial score (nSPS) is 20.6. The van der Waals surface area contributed by atoms with E-state index in [1.54, 1.807) is 12.5 Å². The fourth-order valence-corrected chi connectivity index (χ4v) is 3.81. The summed E-state index contributed by atoms with van der Waals surface area (Å²) >= 11 is 0. The van der Waals surface area contributed by atoms with Gasteiger partial charge in [0.15, 0.2) is 0 Å². The molecule has 2 aromatic rings. The molecule has 8 heteroatoms. The van der Waals surface area contributed by atoms with E-state index in [0.717, 1.165) is 30.0 Å². The Morgan fingerprint density at radius 2 is 2.16 bits per heavy atom. The minimum atomic E-state index is -0.463. The van der Waals surface area contributed by atoms with Crippen molar-refractivity contribution in [2.45, 2.75) is 58.2 Å². The molecular weight excluding hydrogens is 404 g/mol. The molecule has 170 valence electrons. The molecule has 0 aliphatic carbocycles. The van der Waals surface area contributed by atoms with Crippen molar-refractivity contribution < 1.29 is 9.53 Å². The van der Waals surface area contributed by atoms with E-state index in [0.29, 0.717) is 25.6 Å². The van der Waals surface area contributed by atoms with E-state index in [1.807, 2.05) is 24.0 Å². The highest BCUT2D eigenvalue weighted by Crippen LogP contribution is 2.23. The number of ether oxygens (including phenoxy) is 1. The first-order valence-electron chi connectivity index (χ1n) is 11.1. The summed E-state index contributed by atoms with van der Waals surface area (Å²) in [6.07, 6.45) is 4.44. The van der Waals surface area contributed by atoms with E-state index in [2.05, 4.69) is 58.5 Å². The number of rotatable bonds is 6. The summed E-state index contributed by atoms with van der Waals surface area (Å²) in [5.41, 5.74) is 3.35. The minimum Gasteiger partial charge on any atom is -0.379 e. The molecule has 2 atom stereocenters. The summed E-state index contributed by atoms with van der Waals surface area (Å²) in [7, 11) is 0. The van der Waals surface area contributed by atoms with Crippen LogP contribution in [-0.4, -0.2) is 54.1 Å². The van der Waals surface area contributed by atoms with Gasteiger partial charge in [-0.15, -0.1) is 0 Å². The first kappa shape index (κ1) is 22.2. The molecule has 0 saturated carbocycles. The van der Waals surface area contributed by atoms with Gasteiger partial charge >= 0.3 is 0 Å². The Hall–Kier alpha value is -3.00. The van der Waals surface area contributed by atoms with Gasteiger partial charge in [0.25, 0.3) is 0 Å². The van der Waals surface area contributed by atoms with Crippen LogP contribution in [0.4, 0.5) is 11.8 Å². The van der Waals surface area contributed by atoms with E-state index < -0.39 is 6.04 Å². The van der Waals surface area contributed by atoms with Crippen molar-refractivity contribution in [2.24, 2.45) is 4.99 Å². The van der Waals surface area contributed by atoms with Gasteiger partial charge in [0.1, 0.15) is 11.9 Å². The van der Waals surface area contributed by atoms with Crippen LogP contribution in [0.1, 0.15) is 43.9 Å². The molecule has 0 spiro atoms. The molecule has 1 aromatic heterocycles. The number of aromatic nitrogens is 2. The van der Waals surface area contributed by atoms with Crippen molar-refractivity contribution in [1.29, 1.82) is 0 Å². The number of benzene rings is 1. The second-order valence-corrected chi connectivity index (χ2v) is 9.51. The molecule has 1 saturated heterocycles. The van der Waals surface area contributed by atoms with E-state index in [4.69, 9.17) is 4.74 Å². The standard InChI is InChI=1S/C24H32N6O2/c1-16-11-26-23(28-19-8-9-32-14-19)29-21(16)30-13-20(27-15-30)22(31)25-12-17-6-5-7-18(10-17)24(2,3)4/h5-7,10-11,15,19-20H,8-9,12-14H2,1-4H3,(H,25,31)(H,26,28,29). The van der Waals surface area contributed by atoms with Gasteiger partial charge in [-0.1, -0.05) is 45.0 Å². The Kier molecular flexibility index (Phi) is 6.41. The Morgan fingerprint density at radius 3 is 2.91 bits per heavy atom. The van der Waals surface area contributed by atoms with Crippen molar-refractivity contribution in [3.63, 3.8) is 0 Å². The average Bonchev–Trinajstić information content (AvgIpc) is 3.45. The van der Waals surface area contributed by atoms with Crippen LogP contribution in [0.25, 0.3) is 0 Å². The Balaban J connectivity index is 1.35. The lowest BCUT2D eigenvalue weighted by Crippen LogP contribution is -2.37. The Morgan fingerprint density at radius 1 is 1.31 bits per heavy atom. The van der Waals surface area contributed by atoms with Gasteiger partial charge in [-0.25, -0.2) is 4.98 Å². The predicted molar refractivity (Wildman–Crippen MR) is 126 cm³/mol. The zero-order valence-electron chi connectivity index (χ0n) is 19.3. The number of aliphatic imine (C=N–C) groups is 1. The summed E-state index contributed by atoms with van der Waals surface area (Å²) in [5, 5.41) is 6.35. The summed E-state index contributed by atoms with van der Waals surface area (Å²) in [5.74, 6) is 1.25. The van der Waals surface area contributed by atoms with Crippen LogP contribution in [0, 0.1) is 6.92 Å². The van der Waals surface area contributed by atoms with Crippen LogP contribution in [-0.2, 0) is 21.5 Å². The maximum absolute atomic E-state index is 12.7. The zero-order valence-corrected chi connectivity index (χ0v) is 19.3. The molecule has 32 heavy (non-hydrogen) atoms. The number of anilines is 2. The molecule has 0 bridgehead atoms. The van der Waals surface area contributed by atoms with E-state index in [9.17, 15) is 4.79 Å². The molecule has 1 aromatic carbocycles. The number of amides is 1. The molecule has 8 nitrogen and oxygen atoms in total. The number of nitrogens with one attached hydrogen (secondary N) is 2. The van der Waals surface area contributed by atoms with E-state index in [1.165, 1.54) is 5.56 Å². The lowest BCUT2D eigenvalue weighted by Gasteiger charge is -2.20. The lowest BCUT2D eigenvalue weighted by molar-refractivity contribution is -0.122. The summed E-state index contributed by atoms with van der Waals surface area (Å²) in [4.78, 5) is 28.1. The molecule has 1 amide bonds. The maximum Gasteiger partial charge on any atom is 0.246 e. The average molecular weight is 437 g/mol. The van der Waals surface area contributed by atoms with Gasteiger partial charge in [0.2, 0.25) is 11.9 Å². The second-order valence-electron chi connectivity index (χ2n) is 9.51. The van der Waals surface area contributed by atoms with Crippen LogP contribution >= 0.6 is 0 Å². The molecule has 2 aliphatic heterocycles. The van der Waals surface area contributed by atoms with Crippen LogP contribution in [0.5, 0.6) is 0 Å². The fourth-order valence-electron chi connectivity index (χ4n) is 3.81. The highest BCUT2D eigenvalue weighted by Gasteiger charge is 2.27. The van der Waals surface area contributed by atoms with Gasteiger partial charge in [0, 0.05) is 24.9 Å². The quantitative estimate of drug-likeness (QED) is 0.724. The SMILES string of the molecule is Cc1cnc(NC2CCOC2)nc1N1C=NC(C(=O)NCc2cccc(C(C)(C)C)c2)C1. The zero-order chi connectivity index (χ0) is 22.7. The summed E-state index contributed by atoms with van der Waals surface area (Å²) < 4.78 is 5.41. The molecule has 2 aliphatic rings. The third-order valence-electron chi connectivity index (χ3n) is 5.80. The van der Waals surface area contributed by atoms with Gasteiger partial charge < -0.3 is 20.3 Å². The van der Waals surface area contributed by atoms with Gasteiger partial charge in [0.05, 0.1) is 25.5 Å². The van der Waals surface area contributed by atoms with Crippen molar-refractivity contribution in [3.05, 3.63) is 47.2 Å². The van der Waals surface area contributed by atoms with Crippen molar-refractivity contribution in [3.8, 4) is 0 Å². The molecule has 4 rings (SSSR count). The number of hydrogen-bond donors (Lipinski definition) is 2. The highest BCUT2D eigenvalue weighted by molar-refractivity contribution is 5.91. The summed E-state index contributed by atoms with van der Waals surface area (Å²) in [6, 6.07) is 8.12. The third kappa shape index (κ3) is 5.24. The van der Waals surface area contributed by atoms with Crippen molar-refractivity contribution in [1.82, 2.24) is 15.3 Å². The van der Waals surface area contributed by atoms with Crippen molar-refractivity contribution in [2.75, 3.05) is 30.0 Å². The Labute approximate surface area is 189 Å². The number of hydrogen-bond acceptors (Lipinski definition) is 7. The van der Waals surface area contributed by atoms with Crippen LogP contribution < -0.4 is 15.5 Å². The monoisotopic (exact) mass is 436 g/mol. The number of carbonyl (C=O) groups excluding carboxylic acids is 1. The van der Waals surface area contributed by atoms with E-state index >= 15 is 0 Å². The fraction of sp³-hybridized carbons (Fsp3) is 0.500. The predicted octanol–water partition coefficient (Wildman–Crippen LogP) is 2.82. The van der Waals surface area contributed by atoms with Crippen LogP contribution in [0.15, 0.2) is 35.5 Å². The minimum absolute atomic E-state index is 0.0736. The van der Waals surface area contributed by atoms with Gasteiger partial charge in [-0.2, -0.15) is 4.98 Å². The largest absolute Gasteiger partial charge is 0.379 e. The first-order valence-corrected chi connectivity index (χ1v) is 11.1. The first-order chi connectivity index (χ1) is 15.3. The summed E-state index contributed by atoms with van der Waals surface area (Å²) in [6.45, 7) is 10.9. The number of aryl methyl sites for hydroxylation is 1. The lowest BCUT2D eigenvalue weighted by atomic mass is 9.86. The molecule has 0 radical (unpaired) electrons. The van der Waals surface area contributed by atoms with Crippen LogP contribution in [0.3, 0.4) is 0 Å². The van der Waals surface area contributed by atoms with E-state index in [-0.39, 0.29) is 17.4 Å². The maximum atomic E-state index is 12.7. The molecule has 2 unspecified atom stereocenters. The molecule has 3 heterocycles. The number of carbonyl (C=O) groups is 1. The smallest absolute Gasteiger partial charge is 0.246 e. The topological polar surface area (TPSA) is 91.7 Å². The molecule has 2 N–H and O–H groups in total. The van der Waals surface area contributed by atoms with Gasteiger partial charge in [-0.3, -0.25) is 9.79 Å². The van der Waals surface area contributed by atoms with Crippen LogP contribution in [0.2, 0.25) is 0 Å². The second kappa shape index (κ2) is 9.24.